The first-order valence-corrected chi connectivity index (χ1v) is 7.00. The zero-order valence-electron chi connectivity index (χ0n) is 12.3. The van der Waals surface area contributed by atoms with Crippen LogP contribution in [0.1, 0.15) is 20.8 Å². The van der Waals surface area contributed by atoms with Crippen molar-refractivity contribution in [1.29, 1.82) is 0 Å². The van der Waals surface area contributed by atoms with Crippen molar-refractivity contribution in [3.8, 4) is 0 Å². The van der Waals surface area contributed by atoms with E-state index in [0.717, 1.165) is 19.6 Å². The summed E-state index contributed by atoms with van der Waals surface area (Å²) in [5.41, 5.74) is 0. The van der Waals surface area contributed by atoms with Crippen molar-refractivity contribution in [3.63, 3.8) is 0 Å². The number of β-amino-alcohol motifs (C(OH)–C–C–N with tert-alkyl or cyclic N) is 1. The van der Waals surface area contributed by atoms with Gasteiger partial charge in [-0.15, -0.1) is 6.58 Å². The van der Waals surface area contributed by atoms with Crippen LogP contribution in [-0.2, 0) is 4.79 Å². The Morgan fingerprint density at radius 3 is 2.74 bits per heavy atom. The summed E-state index contributed by atoms with van der Waals surface area (Å²) in [5.74, 6) is 0.0519. The summed E-state index contributed by atoms with van der Waals surface area (Å²) in [4.78, 5) is 16.4. The van der Waals surface area contributed by atoms with Gasteiger partial charge in [0.15, 0.2) is 0 Å². The van der Waals surface area contributed by atoms with Gasteiger partial charge in [0.1, 0.15) is 0 Å². The molecule has 1 rings (SSSR count). The van der Waals surface area contributed by atoms with Gasteiger partial charge >= 0.3 is 0 Å². The molecule has 19 heavy (non-hydrogen) atoms. The minimum Gasteiger partial charge on any atom is -0.392 e. The molecule has 0 saturated carbocycles. The lowest BCUT2D eigenvalue weighted by molar-refractivity contribution is -0.126. The molecule has 0 bridgehead atoms. The highest BCUT2D eigenvalue weighted by Crippen LogP contribution is 2.12. The van der Waals surface area contributed by atoms with Crippen molar-refractivity contribution in [3.05, 3.63) is 12.7 Å². The lowest BCUT2D eigenvalue weighted by Crippen LogP contribution is -2.58. The van der Waals surface area contributed by atoms with Gasteiger partial charge in [-0.3, -0.25) is 14.6 Å². The first kappa shape index (κ1) is 16.1. The van der Waals surface area contributed by atoms with Crippen molar-refractivity contribution < 1.29 is 9.90 Å². The second kappa shape index (κ2) is 7.62. The molecule has 0 radical (unpaired) electrons. The molecule has 3 atom stereocenters. The topological polar surface area (TPSA) is 55.8 Å². The Hall–Kier alpha value is -0.910. The summed E-state index contributed by atoms with van der Waals surface area (Å²) < 4.78 is 0. The van der Waals surface area contributed by atoms with Crippen LogP contribution in [-0.4, -0.2) is 71.7 Å². The van der Waals surface area contributed by atoms with Gasteiger partial charge in [0, 0.05) is 38.8 Å². The molecule has 110 valence electrons. The molecular formula is C14H27N3O2. The van der Waals surface area contributed by atoms with Crippen LogP contribution in [0.5, 0.6) is 0 Å². The van der Waals surface area contributed by atoms with Gasteiger partial charge in [0.2, 0.25) is 5.91 Å². The fourth-order valence-corrected chi connectivity index (χ4v) is 2.47. The molecule has 1 fully saturated rings. The second-order valence-electron chi connectivity index (χ2n) is 5.40. The van der Waals surface area contributed by atoms with Crippen LogP contribution >= 0.6 is 0 Å². The third kappa shape index (κ3) is 4.93. The average molecular weight is 269 g/mol. The summed E-state index contributed by atoms with van der Waals surface area (Å²) >= 11 is 0. The van der Waals surface area contributed by atoms with Gasteiger partial charge < -0.3 is 10.4 Å². The monoisotopic (exact) mass is 269 g/mol. The fraction of sp³-hybridized carbons (Fsp3) is 0.786. The van der Waals surface area contributed by atoms with Crippen LogP contribution < -0.4 is 5.32 Å². The molecule has 0 aromatic carbocycles. The van der Waals surface area contributed by atoms with Crippen LogP contribution in [0.2, 0.25) is 0 Å². The van der Waals surface area contributed by atoms with Crippen molar-refractivity contribution in [2.45, 2.75) is 39.0 Å². The molecule has 2 N–H and O–H groups in total. The summed E-state index contributed by atoms with van der Waals surface area (Å²) in [5, 5.41) is 12.3. The number of nitrogens with one attached hydrogen (secondary N) is 1. The number of carbonyl (C=O) groups excluding carboxylic acids is 1. The van der Waals surface area contributed by atoms with E-state index < -0.39 is 0 Å². The minimum absolute atomic E-state index is 0.0519. The largest absolute Gasteiger partial charge is 0.392 e. The zero-order chi connectivity index (χ0) is 14.4. The van der Waals surface area contributed by atoms with Crippen LogP contribution in [0.15, 0.2) is 12.7 Å². The minimum atomic E-state index is -0.303. The highest BCUT2D eigenvalue weighted by molar-refractivity contribution is 5.81. The highest BCUT2D eigenvalue weighted by Gasteiger charge is 2.29. The van der Waals surface area contributed by atoms with E-state index in [4.69, 9.17) is 0 Å². The van der Waals surface area contributed by atoms with Gasteiger partial charge in [-0.1, -0.05) is 6.08 Å². The van der Waals surface area contributed by atoms with Crippen LogP contribution in [0.4, 0.5) is 0 Å². The summed E-state index contributed by atoms with van der Waals surface area (Å²) in [6.45, 7) is 13.3. The van der Waals surface area contributed by atoms with Crippen molar-refractivity contribution in [1.82, 2.24) is 15.1 Å². The summed E-state index contributed by atoms with van der Waals surface area (Å²) in [6.07, 6.45) is 1.38. The molecule has 1 heterocycles. The average Bonchev–Trinajstić information content (AvgIpc) is 2.37. The lowest BCUT2D eigenvalue weighted by Gasteiger charge is -2.42. The number of hydrogen-bond donors (Lipinski definition) is 2. The Morgan fingerprint density at radius 2 is 2.21 bits per heavy atom. The van der Waals surface area contributed by atoms with Crippen LogP contribution in [0, 0.1) is 0 Å². The van der Waals surface area contributed by atoms with Gasteiger partial charge in [0.25, 0.3) is 0 Å². The predicted octanol–water partition coefficient (Wildman–Crippen LogP) is 0.0640. The normalized spacial score (nSPS) is 24.7. The van der Waals surface area contributed by atoms with Gasteiger partial charge in [-0.05, 0) is 20.8 Å². The number of nitrogens with zero attached hydrogens (tertiary/aromatic N) is 2. The summed E-state index contributed by atoms with van der Waals surface area (Å²) in [7, 11) is 0. The molecule has 5 nitrogen and oxygen atoms in total. The number of carbonyl (C=O) groups is 1. The number of aliphatic hydroxyl groups excluding tert-OH is 1. The maximum absolute atomic E-state index is 11.9. The molecule has 5 heteroatoms. The van der Waals surface area contributed by atoms with Crippen molar-refractivity contribution in [2.75, 3.05) is 32.7 Å². The van der Waals surface area contributed by atoms with E-state index >= 15 is 0 Å². The Labute approximate surface area is 116 Å². The maximum atomic E-state index is 11.9. The number of aliphatic hydroxyl groups is 1. The number of piperazine rings is 1. The van der Waals surface area contributed by atoms with Gasteiger partial charge in [-0.25, -0.2) is 0 Å². The zero-order valence-corrected chi connectivity index (χ0v) is 12.3. The third-order valence-corrected chi connectivity index (χ3v) is 3.64. The predicted molar refractivity (Wildman–Crippen MR) is 77.0 cm³/mol. The van der Waals surface area contributed by atoms with Crippen LogP contribution in [0.3, 0.4) is 0 Å². The quantitative estimate of drug-likeness (QED) is 0.670. The third-order valence-electron chi connectivity index (χ3n) is 3.64. The maximum Gasteiger partial charge on any atom is 0.237 e. The number of hydrogen-bond acceptors (Lipinski definition) is 4. The Morgan fingerprint density at radius 1 is 1.53 bits per heavy atom. The Bertz CT molecular complexity index is 307. The smallest absolute Gasteiger partial charge is 0.237 e. The van der Waals surface area contributed by atoms with Gasteiger partial charge in [0.05, 0.1) is 12.1 Å². The van der Waals surface area contributed by atoms with E-state index in [2.05, 4.69) is 28.6 Å². The standard InChI is InChI=1S/C14H27N3O2/c1-5-6-15-14(19)13(4)17-8-7-16(10-12(3)18)11(2)9-17/h5,11-13,18H,1,6-10H2,2-4H3,(H,15,19)/t11-,12-,13-/m0/s1. The fourth-order valence-electron chi connectivity index (χ4n) is 2.47. The Balaban J connectivity index is 2.46. The van der Waals surface area contributed by atoms with Gasteiger partial charge in [-0.2, -0.15) is 0 Å². The lowest BCUT2D eigenvalue weighted by atomic mass is 10.1. The molecule has 0 unspecified atom stereocenters. The van der Waals surface area contributed by atoms with E-state index in [1.165, 1.54) is 0 Å². The molecule has 0 aromatic heterocycles. The highest BCUT2D eigenvalue weighted by atomic mass is 16.3. The van der Waals surface area contributed by atoms with Crippen LogP contribution in [0.25, 0.3) is 0 Å². The molecule has 1 aliphatic heterocycles. The first-order valence-electron chi connectivity index (χ1n) is 7.00. The molecular weight excluding hydrogens is 242 g/mol. The molecule has 0 aromatic rings. The molecule has 1 amide bonds. The first-order chi connectivity index (χ1) is 8.95. The van der Waals surface area contributed by atoms with E-state index in [9.17, 15) is 9.90 Å². The van der Waals surface area contributed by atoms with E-state index in [1.807, 2.05) is 13.8 Å². The Kier molecular flexibility index (Phi) is 6.48. The van der Waals surface area contributed by atoms with Crippen molar-refractivity contribution >= 4 is 5.91 Å². The molecule has 0 aliphatic carbocycles. The second-order valence-corrected chi connectivity index (χ2v) is 5.40. The SMILES string of the molecule is C=CCNC(=O)[C@H](C)N1CCN(C[C@H](C)O)[C@@H](C)C1. The summed E-state index contributed by atoms with van der Waals surface area (Å²) in [6, 6.07) is 0.245. The van der Waals surface area contributed by atoms with E-state index in [-0.39, 0.29) is 18.1 Å². The molecule has 1 saturated heterocycles. The van der Waals surface area contributed by atoms with E-state index in [0.29, 0.717) is 19.1 Å². The number of rotatable bonds is 6. The number of amides is 1. The molecule has 1 aliphatic rings. The molecule has 0 spiro atoms. The van der Waals surface area contributed by atoms with Crippen molar-refractivity contribution in [2.24, 2.45) is 0 Å². The van der Waals surface area contributed by atoms with E-state index in [1.54, 1.807) is 6.08 Å².